The fourth-order valence-electron chi connectivity index (χ4n) is 3.07. The summed E-state index contributed by atoms with van der Waals surface area (Å²) in [7, 11) is 0. The molecule has 1 aliphatic heterocycles. The molecule has 0 radical (unpaired) electrons. The van der Waals surface area contributed by atoms with Crippen molar-refractivity contribution in [1.29, 1.82) is 0 Å². The number of hydrogen-bond acceptors (Lipinski definition) is 2. The molecule has 0 amide bonds. The molecular weight excluding hydrogens is 234 g/mol. The Morgan fingerprint density at radius 2 is 2.12 bits per heavy atom. The van der Waals surface area contributed by atoms with Crippen molar-refractivity contribution in [1.82, 2.24) is 0 Å². The van der Waals surface area contributed by atoms with E-state index >= 15 is 0 Å². The Morgan fingerprint density at radius 3 is 3.00 bits per heavy atom. The van der Waals surface area contributed by atoms with Gasteiger partial charge in [0, 0.05) is 17.3 Å². The monoisotopic (exact) mass is 251 g/mol. The molecular formula is C14H18ClNO. The maximum absolute atomic E-state index is 6.08. The Labute approximate surface area is 108 Å². The Hall–Kier alpha value is -0.730. The summed E-state index contributed by atoms with van der Waals surface area (Å²) in [4.78, 5) is 2.49. The lowest BCUT2D eigenvalue weighted by Gasteiger charge is -2.45. The first kappa shape index (κ1) is 11.4. The molecule has 1 aromatic rings. The number of morpholine rings is 1. The van der Waals surface area contributed by atoms with Crippen LogP contribution in [-0.2, 0) is 4.74 Å². The van der Waals surface area contributed by atoms with Gasteiger partial charge in [-0.1, -0.05) is 30.5 Å². The quantitative estimate of drug-likeness (QED) is 0.758. The number of ether oxygens (including phenoxy) is 1. The van der Waals surface area contributed by atoms with Crippen molar-refractivity contribution in [2.75, 3.05) is 18.1 Å². The van der Waals surface area contributed by atoms with Crippen LogP contribution in [0.15, 0.2) is 24.3 Å². The van der Waals surface area contributed by atoms with Crippen molar-refractivity contribution in [3.05, 3.63) is 29.3 Å². The van der Waals surface area contributed by atoms with E-state index in [1.165, 1.54) is 31.4 Å². The van der Waals surface area contributed by atoms with Gasteiger partial charge in [-0.3, -0.25) is 0 Å². The first-order valence-electron chi connectivity index (χ1n) is 6.48. The molecule has 17 heavy (non-hydrogen) atoms. The SMILES string of the molecule is Clc1cccc(N2CCO[C@H]3CCCC[C@@H]32)c1. The van der Waals surface area contributed by atoms with Crippen molar-refractivity contribution in [3.8, 4) is 0 Å². The van der Waals surface area contributed by atoms with Gasteiger partial charge in [0.2, 0.25) is 0 Å². The summed E-state index contributed by atoms with van der Waals surface area (Å²) >= 11 is 6.08. The van der Waals surface area contributed by atoms with Crippen LogP contribution in [0.5, 0.6) is 0 Å². The molecule has 2 fully saturated rings. The van der Waals surface area contributed by atoms with Crippen molar-refractivity contribution < 1.29 is 4.74 Å². The molecule has 2 aliphatic rings. The maximum Gasteiger partial charge on any atom is 0.0779 e. The smallest absolute Gasteiger partial charge is 0.0779 e. The zero-order valence-corrected chi connectivity index (χ0v) is 10.7. The van der Waals surface area contributed by atoms with E-state index in [9.17, 15) is 0 Å². The van der Waals surface area contributed by atoms with Crippen LogP contribution < -0.4 is 4.90 Å². The average molecular weight is 252 g/mol. The van der Waals surface area contributed by atoms with Gasteiger partial charge in [-0.2, -0.15) is 0 Å². The van der Waals surface area contributed by atoms with Crippen molar-refractivity contribution in [2.45, 2.75) is 37.8 Å². The van der Waals surface area contributed by atoms with Gasteiger partial charge in [0.25, 0.3) is 0 Å². The lowest BCUT2D eigenvalue weighted by Crippen LogP contribution is -2.52. The van der Waals surface area contributed by atoms with Gasteiger partial charge >= 0.3 is 0 Å². The molecule has 92 valence electrons. The highest BCUT2D eigenvalue weighted by molar-refractivity contribution is 6.30. The highest BCUT2D eigenvalue weighted by Gasteiger charge is 2.34. The second-order valence-electron chi connectivity index (χ2n) is 4.93. The third kappa shape index (κ3) is 2.29. The van der Waals surface area contributed by atoms with E-state index in [1.807, 2.05) is 12.1 Å². The molecule has 0 aromatic heterocycles. The topological polar surface area (TPSA) is 12.5 Å². The molecule has 1 aliphatic carbocycles. The Morgan fingerprint density at radius 1 is 1.24 bits per heavy atom. The third-order valence-electron chi connectivity index (χ3n) is 3.87. The van der Waals surface area contributed by atoms with Gasteiger partial charge in [0.05, 0.1) is 18.8 Å². The van der Waals surface area contributed by atoms with Gasteiger partial charge in [0.15, 0.2) is 0 Å². The molecule has 2 nitrogen and oxygen atoms in total. The number of nitrogens with zero attached hydrogens (tertiary/aromatic N) is 1. The number of benzene rings is 1. The summed E-state index contributed by atoms with van der Waals surface area (Å²) in [5.41, 5.74) is 1.25. The second-order valence-corrected chi connectivity index (χ2v) is 5.37. The molecule has 0 bridgehead atoms. The standard InChI is InChI=1S/C14H18ClNO/c15-11-4-3-5-12(10-11)16-8-9-17-14-7-2-1-6-13(14)16/h3-5,10,13-14H,1-2,6-9H2/t13-,14-/m0/s1. The van der Waals surface area contributed by atoms with E-state index in [0.717, 1.165) is 18.2 Å². The largest absolute Gasteiger partial charge is 0.374 e. The first-order valence-corrected chi connectivity index (χ1v) is 6.86. The number of halogens is 1. The zero-order chi connectivity index (χ0) is 11.7. The normalized spacial score (nSPS) is 28.9. The van der Waals surface area contributed by atoms with Crippen LogP contribution in [0.3, 0.4) is 0 Å². The highest BCUT2D eigenvalue weighted by atomic mass is 35.5. The minimum absolute atomic E-state index is 0.427. The summed E-state index contributed by atoms with van der Waals surface area (Å²) in [5, 5.41) is 0.821. The van der Waals surface area contributed by atoms with Crippen LogP contribution in [0.1, 0.15) is 25.7 Å². The Bertz CT molecular complexity index is 394. The van der Waals surface area contributed by atoms with Crippen LogP contribution in [0.25, 0.3) is 0 Å². The number of rotatable bonds is 1. The summed E-state index contributed by atoms with van der Waals surface area (Å²) in [5.74, 6) is 0. The molecule has 0 spiro atoms. The summed E-state index contributed by atoms with van der Waals surface area (Å²) in [6.07, 6.45) is 5.52. The van der Waals surface area contributed by atoms with Crippen LogP contribution in [-0.4, -0.2) is 25.3 Å². The van der Waals surface area contributed by atoms with E-state index in [2.05, 4.69) is 17.0 Å². The van der Waals surface area contributed by atoms with Crippen LogP contribution in [0.4, 0.5) is 5.69 Å². The van der Waals surface area contributed by atoms with E-state index < -0.39 is 0 Å². The van der Waals surface area contributed by atoms with Crippen LogP contribution in [0, 0.1) is 0 Å². The van der Waals surface area contributed by atoms with E-state index in [1.54, 1.807) is 0 Å². The zero-order valence-electron chi connectivity index (χ0n) is 9.94. The van der Waals surface area contributed by atoms with Crippen molar-refractivity contribution >= 4 is 17.3 Å². The Balaban J connectivity index is 1.85. The minimum Gasteiger partial charge on any atom is -0.374 e. The summed E-state index contributed by atoms with van der Waals surface area (Å²) in [6, 6.07) is 8.74. The molecule has 1 aromatic carbocycles. The molecule has 0 unspecified atom stereocenters. The number of fused-ring (bicyclic) bond motifs is 1. The molecule has 2 atom stereocenters. The lowest BCUT2D eigenvalue weighted by molar-refractivity contribution is -0.00867. The fraction of sp³-hybridized carbons (Fsp3) is 0.571. The van der Waals surface area contributed by atoms with Crippen molar-refractivity contribution in [3.63, 3.8) is 0 Å². The highest BCUT2D eigenvalue weighted by Crippen LogP contribution is 2.32. The second kappa shape index (κ2) is 4.87. The van der Waals surface area contributed by atoms with Crippen molar-refractivity contribution in [2.24, 2.45) is 0 Å². The molecule has 3 rings (SSSR count). The maximum atomic E-state index is 6.08. The van der Waals surface area contributed by atoms with Crippen LogP contribution in [0.2, 0.25) is 5.02 Å². The van der Waals surface area contributed by atoms with Gasteiger partial charge < -0.3 is 9.64 Å². The van der Waals surface area contributed by atoms with Gasteiger partial charge in [-0.25, -0.2) is 0 Å². The van der Waals surface area contributed by atoms with Gasteiger partial charge in [0.1, 0.15) is 0 Å². The minimum atomic E-state index is 0.427. The van der Waals surface area contributed by atoms with E-state index in [-0.39, 0.29) is 0 Å². The predicted molar refractivity (Wildman–Crippen MR) is 70.8 cm³/mol. The number of hydrogen-bond donors (Lipinski definition) is 0. The average Bonchev–Trinajstić information content (AvgIpc) is 2.38. The van der Waals surface area contributed by atoms with Gasteiger partial charge in [-0.15, -0.1) is 0 Å². The van der Waals surface area contributed by atoms with E-state index in [0.29, 0.717) is 12.1 Å². The molecule has 1 saturated heterocycles. The lowest BCUT2D eigenvalue weighted by atomic mass is 9.90. The predicted octanol–water partition coefficient (Wildman–Crippen LogP) is 3.49. The summed E-state index contributed by atoms with van der Waals surface area (Å²) < 4.78 is 5.89. The molecule has 1 heterocycles. The van der Waals surface area contributed by atoms with Crippen LogP contribution >= 0.6 is 11.6 Å². The van der Waals surface area contributed by atoms with Gasteiger partial charge in [-0.05, 0) is 31.0 Å². The number of anilines is 1. The Kier molecular flexibility index (Phi) is 3.26. The molecule has 0 N–H and O–H groups in total. The van der Waals surface area contributed by atoms with E-state index in [4.69, 9.17) is 16.3 Å². The molecule has 1 saturated carbocycles. The first-order chi connectivity index (χ1) is 8.34. The molecule has 3 heteroatoms. The third-order valence-corrected chi connectivity index (χ3v) is 4.11. The summed E-state index contributed by atoms with van der Waals surface area (Å²) in [6.45, 7) is 1.83. The fourth-order valence-corrected chi connectivity index (χ4v) is 3.26.